The zero-order chi connectivity index (χ0) is 36.3. The van der Waals surface area contributed by atoms with Crippen LogP contribution in [0.15, 0.2) is 199 Å². The van der Waals surface area contributed by atoms with Gasteiger partial charge >= 0.3 is 0 Å². The Morgan fingerprint density at radius 3 is 1.69 bits per heavy atom. The molecule has 0 N–H and O–H groups in total. The number of fused-ring (bicyclic) bond motifs is 7. The molecule has 2 aromatic heterocycles. The average Bonchev–Trinajstić information content (AvgIpc) is 3.65. The summed E-state index contributed by atoms with van der Waals surface area (Å²) >= 11 is 0. The third-order valence-electron chi connectivity index (χ3n) is 10.9. The van der Waals surface area contributed by atoms with Crippen LogP contribution in [-0.4, -0.2) is 9.97 Å². The lowest BCUT2D eigenvalue weighted by Crippen LogP contribution is -1.96. The first-order chi connectivity index (χ1) is 27.2. The maximum atomic E-state index is 6.36. The molecule has 2 heterocycles. The number of benzene rings is 9. The lowest BCUT2D eigenvalue weighted by molar-refractivity contribution is 0.670. The van der Waals surface area contributed by atoms with Crippen LogP contribution in [0, 0.1) is 0 Å². The monoisotopic (exact) mass is 700 g/mol. The fourth-order valence-electron chi connectivity index (χ4n) is 8.19. The summed E-state index contributed by atoms with van der Waals surface area (Å²) in [7, 11) is 0. The lowest BCUT2D eigenvalue weighted by atomic mass is 9.89. The largest absolute Gasteiger partial charge is 0.455 e. The third-order valence-corrected chi connectivity index (χ3v) is 10.9. The van der Waals surface area contributed by atoms with Crippen LogP contribution in [0.5, 0.6) is 0 Å². The number of para-hydroxylation sites is 2. The van der Waals surface area contributed by atoms with Crippen LogP contribution in [0.25, 0.3) is 110 Å². The SMILES string of the molecule is c1ccc(-c2nc(-c3ccc(-c4c5ccccc5cc5c4ccc4ccccc45)cc3)cc(-c3ccc(-c4cccc5c4oc4ccccc45)cc3)n2)cc1. The highest BCUT2D eigenvalue weighted by Gasteiger charge is 2.16. The minimum Gasteiger partial charge on any atom is -0.455 e. The summed E-state index contributed by atoms with van der Waals surface area (Å²) in [4.78, 5) is 10.2. The molecule has 0 fully saturated rings. The minimum atomic E-state index is 0.695. The van der Waals surface area contributed by atoms with E-state index in [0.29, 0.717) is 5.82 Å². The maximum absolute atomic E-state index is 6.36. The van der Waals surface area contributed by atoms with E-state index in [-0.39, 0.29) is 0 Å². The molecule has 0 aliphatic heterocycles. The van der Waals surface area contributed by atoms with Gasteiger partial charge in [0, 0.05) is 33.0 Å². The van der Waals surface area contributed by atoms with Crippen LogP contribution >= 0.6 is 0 Å². The van der Waals surface area contributed by atoms with Gasteiger partial charge in [0.2, 0.25) is 0 Å². The van der Waals surface area contributed by atoms with E-state index in [4.69, 9.17) is 14.4 Å². The molecule has 0 atom stereocenters. The maximum Gasteiger partial charge on any atom is 0.160 e. The smallest absolute Gasteiger partial charge is 0.160 e. The Kier molecular flexibility index (Phi) is 7.17. The third kappa shape index (κ3) is 5.28. The first-order valence-corrected chi connectivity index (χ1v) is 18.6. The van der Waals surface area contributed by atoms with Crippen molar-refractivity contribution in [3.05, 3.63) is 194 Å². The van der Waals surface area contributed by atoms with E-state index in [9.17, 15) is 0 Å². The summed E-state index contributed by atoms with van der Waals surface area (Å²) in [5.41, 5.74) is 11.2. The van der Waals surface area contributed by atoms with Crippen molar-refractivity contribution < 1.29 is 4.42 Å². The van der Waals surface area contributed by atoms with E-state index < -0.39 is 0 Å². The van der Waals surface area contributed by atoms with Crippen molar-refractivity contribution >= 4 is 54.3 Å². The second-order valence-corrected chi connectivity index (χ2v) is 14.1. The van der Waals surface area contributed by atoms with Crippen molar-refractivity contribution in [2.45, 2.75) is 0 Å². The predicted octanol–water partition coefficient (Wildman–Crippen LogP) is 14.2. The van der Waals surface area contributed by atoms with E-state index in [2.05, 4.69) is 164 Å². The summed E-state index contributed by atoms with van der Waals surface area (Å²) in [6, 6.07) is 68.6. The highest BCUT2D eigenvalue weighted by atomic mass is 16.3. The van der Waals surface area contributed by atoms with Gasteiger partial charge in [-0.1, -0.05) is 176 Å². The topological polar surface area (TPSA) is 38.9 Å². The summed E-state index contributed by atoms with van der Waals surface area (Å²) in [6.07, 6.45) is 0. The first-order valence-electron chi connectivity index (χ1n) is 18.6. The van der Waals surface area contributed by atoms with Crippen LogP contribution in [0.3, 0.4) is 0 Å². The van der Waals surface area contributed by atoms with Gasteiger partial charge in [0.1, 0.15) is 11.2 Å². The van der Waals surface area contributed by atoms with Gasteiger partial charge < -0.3 is 4.42 Å². The van der Waals surface area contributed by atoms with Gasteiger partial charge in [-0.15, -0.1) is 0 Å². The average molecular weight is 701 g/mol. The molecule has 11 rings (SSSR count). The van der Waals surface area contributed by atoms with E-state index in [1.165, 1.54) is 43.4 Å². The quantitative estimate of drug-likeness (QED) is 0.133. The van der Waals surface area contributed by atoms with Gasteiger partial charge in [-0.3, -0.25) is 0 Å². The molecule has 0 amide bonds. The number of nitrogens with zero attached hydrogens (tertiary/aromatic N) is 2. The molecule has 11 aromatic rings. The molecule has 256 valence electrons. The molecule has 0 aliphatic carbocycles. The summed E-state index contributed by atoms with van der Waals surface area (Å²) in [5.74, 6) is 0.695. The van der Waals surface area contributed by atoms with Crippen LogP contribution < -0.4 is 0 Å². The minimum absolute atomic E-state index is 0.695. The molecule has 0 radical (unpaired) electrons. The molecular weight excluding hydrogens is 669 g/mol. The van der Waals surface area contributed by atoms with E-state index in [1.54, 1.807) is 0 Å². The normalized spacial score (nSPS) is 11.6. The van der Waals surface area contributed by atoms with Crippen molar-refractivity contribution in [1.82, 2.24) is 9.97 Å². The Morgan fingerprint density at radius 1 is 0.327 bits per heavy atom. The van der Waals surface area contributed by atoms with Gasteiger partial charge in [-0.05, 0) is 67.2 Å². The van der Waals surface area contributed by atoms with Crippen molar-refractivity contribution in [2.24, 2.45) is 0 Å². The zero-order valence-electron chi connectivity index (χ0n) is 29.8. The molecule has 0 aliphatic rings. The van der Waals surface area contributed by atoms with Gasteiger partial charge in [0.25, 0.3) is 0 Å². The zero-order valence-corrected chi connectivity index (χ0v) is 29.8. The first kappa shape index (κ1) is 31.2. The predicted molar refractivity (Wildman–Crippen MR) is 229 cm³/mol. The number of hydrogen-bond donors (Lipinski definition) is 0. The van der Waals surface area contributed by atoms with E-state index in [1.807, 2.05) is 30.3 Å². The summed E-state index contributed by atoms with van der Waals surface area (Å²) < 4.78 is 6.36. The fraction of sp³-hybridized carbons (Fsp3) is 0. The number of aromatic nitrogens is 2. The standard InChI is InChI=1S/C52H32N2O/c1-2-12-38(13-3-1)52-53-47(35-23-21-34(22-24-35)42-18-10-19-45-43-17-8-9-20-49(43)55-51(42)45)32-48(54-52)36-25-27-37(28-26-36)50-41-16-7-5-14-39(41)31-46-40-15-6-4-11-33(40)29-30-44(46)50/h1-32H. The Labute approximate surface area is 317 Å². The fourth-order valence-corrected chi connectivity index (χ4v) is 8.19. The molecule has 0 saturated carbocycles. The number of hydrogen-bond acceptors (Lipinski definition) is 3. The molecule has 0 bridgehead atoms. The summed E-state index contributed by atoms with van der Waals surface area (Å²) in [5, 5.41) is 9.77. The second-order valence-electron chi connectivity index (χ2n) is 14.1. The van der Waals surface area contributed by atoms with Crippen molar-refractivity contribution in [3.8, 4) is 56.2 Å². The molecular formula is C52H32N2O. The van der Waals surface area contributed by atoms with E-state index >= 15 is 0 Å². The highest BCUT2D eigenvalue weighted by molar-refractivity contribution is 6.20. The summed E-state index contributed by atoms with van der Waals surface area (Å²) in [6.45, 7) is 0. The Bertz CT molecular complexity index is 3230. The molecule has 0 spiro atoms. The van der Waals surface area contributed by atoms with Crippen molar-refractivity contribution in [1.29, 1.82) is 0 Å². The number of rotatable bonds is 5. The van der Waals surface area contributed by atoms with E-state index in [0.717, 1.165) is 61.1 Å². The molecule has 9 aromatic carbocycles. The van der Waals surface area contributed by atoms with Crippen molar-refractivity contribution in [3.63, 3.8) is 0 Å². The molecule has 3 nitrogen and oxygen atoms in total. The van der Waals surface area contributed by atoms with Gasteiger partial charge in [-0.2, -0.15) is 0 Å². The Balaban J connectivity index is 1.01. The van der Waals surface area contributed by atoms with Crippen molar-refractivity contribution in [2.75, 3.05) is 0 Å². The molecule has 55 heavy (non-hydrogen) atoms. The Hall–Kier alpha value is -7.36. The Morgan fingerprint density at radius 2 is 0.927 bits per heavy atom. The highest BCUT2D eigenvalue weighted by Crippen LogP contribution is 2.41. The second kappa shape index (κ2) is 12.6. The molecule has 0 saturated heterocycles. The van der Waals surface area contributed by atoms with Crippen LogP contribution in [0.1, 0.15) is 0 Å². The van der Waals surface area contributed by atoms with Crippen LogP contribution in [0.2, 0.25) is 0 Å². The number of furan rings is 1. The molecule has 3 heteroatoms. The lowest BCUT2D eigenvalue weighted by Gasteiger charge is -2.15. The molecule has 0 unspecified atom stereocenters. The van der Waals surface area contributed by atoms with Gasteiger partial charge in [0.15, 0.2) is 5.82 Å². The van der Waals surface area contributed by atoms with Crippen LogP contribution in [-0.2, 0) is 0 Å². The van der Waals surface area contributed by atoms with Crippen LogP contribution in [0.4, 0.5) is 0 Å². The van der Waals surface area contributed by atoms with Gasteiger partial charge in [0.05, 0.1) is 11.4 Å². The van der Waals surface area contributed by atoms with Gasteiger partial charge in [-0.25, -0.2) is 9.97 Å².